The van der Waals surface area contributed by atoms with E-state index < -0.39 is 0 Å². The van der Waals surface area contributed by atoms with E-state index in [1.165, 1.54) is 32.1 Å². The molecule has 0 radical (unpaired) electrons. The van der Waals surface area contributed by atoms with Crippen LogP contribution in [0.2, 0.25) is 0 Å². The molecule has 0 aliphatic carbocycles. The van der Waals surface area contributed by atoms with Crippen molar-refractivity contribution in [2.75, 3.05) is 0 Å². The second-order valence-electron chi connectivity index (χ2n) is 8.02. The van der Waals surface area contributed by atoms with Gasteiger partial charge in [0.1, 0.15) is 0 Å². The van der Waals surface area contributed by atoms with E-state index >= 15 is 0 Å². The van der Waals surface area contributed by atoms with E-state index in [9.17, 15) is 0 Å². The molecule has 0 saturated carbocycles. The van der Waals surface area contributed by atoms with Crippen molar-refractivity contribution in [2.45, 2.75) is 104 Å². The van der Waals surface area contributed by atoms with Crippen LogP contribution in [0.1, 0.15) is 80.6 Å². The highest BCUT2D eigenvalue weighted by Crippen LogP contribution is 2.29. The molecule has 0 bridgehead atoms. The number of hydrogen-bond acceptors (Lipinski definition) is 2. The van der Waals surface area contributed by atoms with Gasteiger partial charge in [-0.25, -0.2) is 0 Å². The van der Waals surface area contributed by atoms with Crippen LogP contribution in [0.15, 0.2) is 0 Å². The maximum absolute atomic E-state index is 3.94. The summed E-state index contributed by atoms with van der Waals surface area (Å²) in [6.45, 7) is 16.3. The molecule has 2 unspecified atom stereocenters. The Morgan fingerprint density at radius 3 is 2.00 bits per heavy atom. The zero-order valence-electron chi connectivity index (χ0n) is 14.3. The Balaban J connectivity index is 2.58. The number of nitrogens with one attached hydrogen (secondary N) is 2. The van der Waals surface area contributed by atoms with E-state index in [0.717, 1.165) is 5.92 Å². The molecular formula is C17H36N2. The third-order valence-electron chi connectivity index (χ3n) is 4.54. The molecule has 0 spiro atoms. The fourth-order valence-electron chi connectivity index (χ4n) is 3.78. The molecule has 0 aromatic heterocycles. The maximum atomic E-state index is 3.94. The third kappa shape index (κ3) is 5.83. The van der Waals surface area contributed by atoms with E-state index in [2.05, 4.69) is 59.1 Å². The fourth-order valence-corrected chi connectivity index (χ4v) is 3.78. The largest absolute Gasteiger partial charge is 0.311 e. The standard InChI is InChI=1S/C17H36N2/c1-8-13(3)10-14(9-2)18-15-11-16(4,5)19-17(6,7)12-15/h13-15,18-19H,8-12H2,1-7H3. The minimum absolute atomic E-state index is 0.244. The Morgan fingerprint density at radius 1 is 1.05 bits per heavy atom. The first-order chi connectivity index (χ1) is 8.67. The van der Waals surface area contributed by atoms with Crippen LogP contribution < -0.4 is 10.6 Å². The molecule has 1 aliphatic heterocycles. The predicted molar refractivity (Wildman–Crippen MR) is 85.6 cm³/mol. The van der Waals surface area contributed by atoms with E-state index in [-0.39, 0.29) is 11.1 Å². The molecule has 0 aromatic rings. The third-order valence-corrected chi connectivity index (χ3v) is 4.54. The molecule has 2 atom stereocenters. The van der Waals surface area contributed by atoms with Gasteiger partial charge < -0.3 is 10.6 Å². The number of rotatable bonds is 6. The first-order valence-electron chi connectivity index (χ1n) is 8.23. The highest BCUT2D eigenvalue weighted by atomic mass is 15.1. The molecule has 0 aromatic carbocycles. The van der Waals surface area contributed by atoms with Crippen molar-refractivity contribution in [1.29, 1.82) is 0 Å². The van der Waals surface area contributed by atoms with Gasteiger partial charge in [0.25, 0.3) is 0 Å². The van der Waals surface area contributed by atoms with Crippen LogP contribution >= 0.6 is 0 Å². The number of piperidine rings is 1. The minimum Gasteiger partial charge on any atom is -0.311 e. The second kappa shape index (κ2) is 6.58. The van der Waals surface area contributed by atoms with Crippen LogP contribution in [-0.2, 0) is 0 Å². The van der Waals surface area contributed by atoms with Crippen molar-refractivity contribution in [1.82, 2.24) is 10.6 Å². The summed E-state index contributed by atoms with van der Waals surface area (Å²) < 4.78 is 0. The highest BCUT2D eigenvalue weighted by Gasteiger charge is 2.38. The van der Waals surface area contributed by atoms with Gasteiger partial charge >= 0.3 is 0 Å². The molecule has 0 amide bonds. The van der Waals surface area contributed by atoms with Crippen LogP contribution in [-0.4, -0.2) is 23.2 Å². The topological polar surface area (TPSA) is 24.1 Å². The Labute approximate surface area is 121 Å². The van der Waals surface area contributed by atoms with Gasteiger partial charge in [-0.15, -0.1) is 0 Å². The van der Waals surface area contributed by atoms with Crippen LogP contribution in [0, 0.1) is 5.92 Å². The summed E-state index contributed by atoms with van der Waals surface area (Å²) in [5.74, 6) is 0.834. The lowest BCUT2D eigenvalue weighted by Crippen LogP contribution is -2.62. The summed E-state index contributed by atoms with van der Waals surface area (Å²) in [6.07, 6.45) is 6.31. The van der Waals surface area contributed by atoms with Gasteiger partial charge in [-0.3, -0.25) is 0 Å². The van der Waals surface area contributed by atoms with Crippen LogP contribution in [0.3, 0.4) is 0 Å². The first kappa shape index (κ1) is 17.0. The molecule has 1 fully saturated rings. The van der Waals surface area contributed by atoms with Gasteiger partial charge in [0.05, 0.1) is 0 Å². The lowest BCUT2D eigenvalue weighted by atomic mass is 9.79. The second-order valence-corrected chi connectivity index (χ2v) is 8.02. The Hall–Kier alpha value is -0.0800. The lowest BCUT2D eigenvalue weighted by molar-refractivity contribution is 0.136. The summed E-state index contributed by atoms with van der Waals surface area (Å²) in [4.78, 5) is 0. The first-order valence-corrected chi connectivity index (χ1v) is 8.23. The smallest absolute Gasteiger partial charge is 0.0144 e. The molecule has 114 valence electrons. The van der Waals surface area contributed by atoms with Crippen LogP contribution in [0.5, 0.6) is 0 Å². The normalized spacial score (nSPS) is 26.1. The summed E-state index contributed by atoms with van der Waals surface area (Å²) in [6, 6.07) is 1.34. The van der Waals surface area contributed by atoms with E-state index in [1.54, 1.807) is 0 Å². The average molecular weight is 268 g/mol. The zero-order chi connectivity index (χ0) is 14.7. The van der Waals surface area contributed by atoms with Crippen molar-refractivity contribution in [3.63, 3.8) is 0 Å². The molecule has 1 aliphatic rings. The van der Waals surface area contributed by atoms with E-state index in [4.69, 9.17) is 0 Å². The van der Waals surface area contributed by atoms with Crippen LogP contribution in [0.4, 0.5) is 0 Å². The van der Waals surface area contributed by atoms with Crippen molar-refractivity contribution in [3.05, 3.63) is 0 Å². The highest BCUT2D eigenvalue weighted by molar-refractivity contribution is 5.00. The SMILES string of the molecule is CCC(C)CC(CC)NC1CC(C)(C)NC(C)(C)C1. The molecule has 2 N–H and O–H groups in total. The van der Waals surface area contributed by atoms with Gasteiger partial charge in [0.15, 0.2) is 0 Å². The predicted octanol–water partition coefficient (Wildman–Crippen LogP) is 4.10. The van der Waals surface area contributed by atoms with Gasteiger partial charge in [-0.2, -0.15) is 0 Å². The van der Waals surface area contributed by atoms with Gasteiger partial charge in [-0.1, -0.05) is 27.2 Å². The summed E-state index contributed by atoms with van der Waals surface area (Å²) in [5, 5.41) is 7.71. The summed E-state index contributed by atoms with van der Waals surface area (Å²) >= 11 is 0. The molecule has 19 heavy (non-hydrogen) atoms. The fraction of sp³-hybridized carbons (Fsp3) is 1.00. The zero-order valence-corrected chi connectivity index (χ0v) is 14.3. The monoisotopic (exact) mass is 268 g/mol. The molecule has 1 saturated heterocycles. The van der Waals surface area contributed by atoms with E-state index in [1.807, 2.05) is 0 Å². The Bertz CT molecular complexity index is 254. The van der Waals surface area contributed by atoms with Crippen molar-refractivity contribution in [2.24, 2.45) is 5.92 Å². The van der Waals surface area contributed by atoms with Gasteiger partial charge in [0, 0.05) is 23.2 Å². The molecule has 2 nitrogen and oxygen atoms in total. The van der Waals surface area contributed by atoms with Gasteiger partial charge in [-0.05, 0) is 59.3 Å². The van der Waals surface area contributed by atoms with Gasteiger partial charge in [0.2, 0.25) is 0 Å². The molecule has 2 heteroatoms. The van der Waals surface area contributed by atoms with Crippen LogP contribution in [0.25, 0.3) is 0 Å². The Kier molecular flexibility index (Phi) is 5.88. The van der Waals surface area contributed by atoms with Crippen molar-refractivity contribution < 1.29 is 0 Å². The Morgan fingerprint density at radius 2 is 1.58 bits per heavy atom. The average Bonchev–Trinajstić information content (AvgIpc) is 2.23. The quantitative estimate of drug-likeness (QED) is 0.758. The van der Waals surface area contributed by atoms with Crippen molar-refractivity contribution in [3.8, 4) is 0 Å². The minimum atomic E-state index is 0.244. The molecule has 1 rings (SSSR count). The summed E-state index contributed by atoms with van der Waals surface area (Å²) in [5.41, 5.74) is 0.488. The van der Waals surface area contributed by atoms with E-state index in [0.29, 0.717) is 12.1 Å². The molecular weight excluding hydrogens is 232 g/mol. The lowest BCUT2D eigenvalue weighted by Gasteiger charge is -2.47. The summed E-state index contributed by atoms with van der Waals surface area (Å²) in [7, 11) is 0. The maximum Gasteiger partial charge on any atom is 0.0144 e. The number of hydrogen-bond donors (Lipinski definition) is 2. The van der Waals surface area contributed by atoms with Crippen molar-refractivity contribution >= 4 is 0 Å². The molecule has 1 heterocycles.